The second kappa shape index (κ2) is 6.60. The molecule has 94 valence electrons. The second-order valence-electron chi connectivity index (χ2n) is 4.36. The van der Waals surface area contributed by atoms with Gasteiger partial charge in [-0.1, -0.05) is 35.7 Å². The topological polar surface area (TPSA) is 21.3 Å². The Labute approximate surface area is 112 Å². The van der Waals surface area contributed by atoms with Crippen molar-refractivity contribution >= 4 is 23.2 Å². The molecule has 17 heavy (non-hydrogen) atoms. The lowest BCUT2D eigenvalue weighted by Gasteiger charge is -2.23. The summed E-state index contributed by atoms with van der Waals surface area (Å²) in [4.78, 5) is 0. The van der Waals surface area contributed by atoms with Gasteiger partial charge in [0.25, 0.3) is 0 Å². The SMILES string of the molecule is Clc1cccc(Cl)c1COC[C@H]1CCCCN1. The first-order valence-corrected chi connectivity index (χ1v) is 6.77. The summed E-state index contributed by atoms with van der Waals surface area (Å²) in [6.45, 7) is 2.30. The minimum atomic E-state index is 0.477. The van der Waals surface area contributed by atoms with Crippen LogP contribution in [0, 0.1) is 0 Å². The predicted octanol–water partition coefficient (Wildman–Crippen LogP) is 3.65. The summed E-state index contributed by atoms with van der Waals surface area (Å²) in [6.07, 6.45) is 3.75. The van der Waals surface area contributed by atoms with Crippen LogP contribution in [-0.2, 0) is 11.3 Å². The van der Waals surface area contributed by atoms with Gasteiger partial charge in [-0.15, -0.1) is 0 Å². The lowest BCUT2D eigenvalue weighted by molar-refractivity contribution is 0.0912. The predicted molar refractivity (Wildman–Crippen MR) is 71.8 cm³/mol. The Hall–Kier alpha value is -0.280. The molecule has 1 saturated heterocycles. The average molecular weight is 274 g/mol. The highest BCUT2D eigenvalue weighted by Gasteiger charge is 2.13. The molecule has 1 atom stereocenters. The summed E-state index contributed by atoms with van der Waals surface area (Å²) in [7, 11) is 0. The third-order valence-corrected chi connectivity index (χ3v) is 3.75. The number of hydrogen-bond acceptors (Lipinski definition) is 2. The molecule has 1 aliphatic rings. The first kappa shape index (κ1) is 13.2. The number of nitrogens with one attached hydrogen (secondary N) is 1. The summed E-state index contributed by atoms with van der Waals surface area (Å²) in [6, 6.07) is 6.00. The van der Waals surface area contributed by atoms with E-state index in [1.54, 1.807) is 0 Å². The van der Waals surface area contributed by atoms with Gasteiger partial charge < -0.3 is 10.1 Å². The zero-order chi connectivity index (χ0) is 12.1. The maximum Gasteiger partial charge on any atom is 0.0746 e. The van der Waals surface area contributed by atoms with Crippen molar-refractivity contribution in [2.24, 2.45) is 0 Å². The maximum atomic E-state index is 6.07. The van der Waals surface area contributed by atoms with E-state index in [2.05, 4.69) is 5.32 Å². The molecule has 0 unspecified atom stereocenters. The van der Waals surface area contributed by atoms with E-state index in [1.807, 2.05) is 18.2 Å². The molecule has 0 saturated carbocycles. The first-order valence-electron chi connectivity index (χ1n) is 6.01. The van der Waals surface area contributed by atoms with E-state index in [9.17, 15) is 0 Å². The van der Waals surface area contributed by atoms with Crippen LogP contribution in [0.15, 0.2) is 18.2 Å². The molecule has 1 heterocycles. The molecule has 0 aromatic heterocycles. The molecule has 0 spiro atoms. The molecule has 0 aliphatic carbocycles. The van der Waals surface area contributed by atoms with Crippen molar-refractivity contribution < 1.29 is 4.74 Å². The van der Waals surface area contributed by atoms with Gasteiger partial charge in [0, 0.05) is 21.7 Å². The number of benzene rings is 1. The lowest BCUT2D eigenvalue weighted by atomic mass is 10.1. The third kappa shape index (κ3) is 3.85. The van der Waals surface area contributed by atoms with E-state index in [4.69, 9.17) is 27.9 Å². The fourth-order valence-corrected chi connectivity index (χ4v) is 2.55. The maximum absolute atomic E-state index is 6.07. The molecule has 1 fully saturated rings. The minimum absolute atomic E-state index is 0.477. The Morgan fingerprint density at radius 2 is 2.00 bits per heavy atom. The number of piperidine rings is 1. The zero-order valence-corrected chi connectivity index (χ0v) is 11.2. The number of hydrogen-bond donors (Lipinski definition) is 1. The van der Waals surface area contributed by atoms with Crippen LogP contribution in [0.4, 0.5) is 0 Å². The van der Waals surface area contributed by atoms with Gasteiger partial charge >= 0.3 is 0 Å². The van der Waals surface area contributed by atoms with Crippen molar-refractivity contribution in [2.75, 3.05) is 13.2 Å². The highest BCUT2D eigenvalue weighted by atomic mass is 35.5. The minimum Gasteiger partial charge on any atom is -0.375 e. The van der Waals surface area contributed by atoms with Crippen LogP contribution in [-0.4, -0.2) is 19.2 Å². The van der Waals surface area contributed by atoms with E-state index >= 15 is 0 Å². The molecule has 0 radical (unpaired) electrons. The Kier molecular flexibility index (Phi) is 5.11. The monoisotopic (exact) mass is 273 g/mol. The number of rotatable bonds is 4. The fraction of sp³-hybridized carbons (Fsp3) is 0.538. The molecule has 4 heteroatoms. The Balaban J connectivity index is 1.81. The van der Waals surface area contributed by atoms with E-state index in [1.165, 1.54) is 19.3 Å². The largest absolute Gasteiger partial charge is 0.375 e. The van der Waals surface area contributed by atoms with Gasteiger partial charge in [0.05, 0.1) is 13.2 Å². The summed E-state index contributed by atoms with van der Waals surface area (Å²) < 4.78 is 5.69. The molecule has 0 amide bonds. The van der Waals surface area contributed by atoms with Gasteiger partial charge in [-0.05, 0) is 31.5 Å². The molecule has 1 N–H and O–H groups in total. The van der Waals surface area contributed by atoms with E-state index < -0.39 is 0 Å². The summed E-state index contributed by atoms with van der Waals surface area (Å²) in [5.74, 6) is 0. The van der Waals surface area contributed by atoms with Crippen molar-refractivity contribution in [1.82, 2.24) is 5.32 Å². The second-order valence-corrected chi connectivity index (χ2v) is 5.18. The summed E-state index contributed by atoms with van der Waals surface area (Å²) in [5, 5.41) is 4.79. The Morgan fingerprint density at radius 3 is 2.65 bits per heavy atom. The zero-order valence-electron chi connectivity index (χ0n) is 9.72. The van der Waals surface area contributed by atoms with Crippen molar-refractivity contribution in [3.05, 3.63) is 33.8 Å². The van der Waals surface area contributed by atoms with Crippen LogP contribution in [0.3, 0.4) is 0 Å². The summed E-state index contributed by atoms with van der Waals surface area (Å²) in [5.41, 5.74) is 0.881. The average Bonchev–Trinajstić information content (AvgIpc) is 2.34. The normalized spacial score (nSPS) is 20.5. The lowest BCUT2D eigenvalue weighted by Crippen LogP contribution is -2.37. The van der Waals surface area contributed by atoms with Crippen LogP contribution in [0.25, 0.3) is 0 Å². The molecule has 2 rings (SSSR count). The quantitative estimate of drug-likeness (QED) is 0.904. The molecular formula is C13H17Cl2NO. The highest BCUT2D eigenvalue weighted by Crippen LogP contribution is 2.25. The Bertz CT molecular complexity index is 344. The van der Waals surface area contributed by atoms with Gasteiger partial charge in [0.15, 0.2) is 0 Å². The van der Waals surface area contributed by atoms with Crippen molar-refractivity contribution in [2.45, 2.75) is 31.9 Å². The molecule has 1 aromatic rings. The summed E-state index contributed by atoms with van der Waals surface area (Å²) >= 11 is 12.1. The van der Waals surface area contributed by atoms with Crippen LogP contribution in [0.2, 0.25) is 10.0 Å². The fourth-order valence-electron chi connectivity index (χ4n) is 2.04. The van der Waals surface area contributed by atoms with Gasteiger partial charge in [-0.25, -0.2) is 0 Å². The molecule has 1 aromatic carbocycles. The van der Waals surface area contributed by atoms with E-state index in [0.717, 1.165) is 18.7 Å². The first-order chi connectivity index (χ1) is 8.27. The van der Waals surface area contributed by atoms with Crippen molar-refractivity contribution in [3.63, 3.8) is 0 Å². The molecule has 1 aliphatic heterocycles. The standard InChI is InChI=1S/C13H17Cl2NO/c14-12-5-3-6-13(15)11(12)9-17-8-10-4-1-2-7-16-10/h3,5-6,10,16H,1-2,4,7-9H2/t10-/m1/s1. The van der Waals surface area contributed by atoms with Crippen molar-refractivity contribution in [3.8, 4) is 0 Å². The van der Waals surface area contributed by atoms with Gasteiger partial charge in [0.1, 0.15) is 0 Å². The third-order valence-electron chi connectivity index (χ3n) is 3.04. The molecule has 0 bridgehead atoms. The van der Waals surface area contributed by atoms with Crippen LogP contribution >= 0.6 is 23.2 Å². The van der Waals surface area contributed by atoms with Crippen LogP contribution in [0.1, 0.15) is 24.8 Å². The van der Waals surface area contributed by atoms with Crippen LogP contribution < -0.4 is 5.32 Å². The van der Waals surface area contributed by atoms with Crippen LogP contribution in [0.5, 0.6) is 0 Å². The van der Waals surface area contributed by atoms with E-state index in [-0.39, 0.29) is 0 Å². The molecule has 2 nitrogen and oxygen atoms in total. The van der Waals surface area contributed by atoms with E-state index in [0.29, 0.717) is 22.7 Å². The van der Waals surface area contributed by atoms with Gasteiger partial charge in [-0.2, -0.15) is 0 Å². The van der Waals surface area contributed by atoms with Gasteiger partial charge in [-0.3, -0.25) is 0 Å². The van der Waals surface area contributed by atoms with Crippen molar-refractivity contribution in [1.29, 1.82) is 0 Å². The number of ether oxygens (including phenoxy) is 1. The Morgan fingerprint density at radius 1 is 1.24 bits per heavy atom. The smallest absolute Gasteiger partial charge is 0.0746 e. The highest BCUT2D eigenvalue weighted by molar-refractivity contribution is 6.35. The molecular weight excluding hydrogens is 257 g/mol. The number of halogens is 2. The van der Waals surface area contributed by atoms with Gasteiger partial charge in [0.2, 0.25) is 0 Å².